The van der Waals surface area contributed by atoms with Gasteiger partial charge in [-0.1, -0.05) is 40.2 Å². The van der Waals surface area contributed by atoms with Crippen LogP contribution in [0.4, 0.5) is 0 Å². The Morgan fingerprint density at radius 3 is 2.31 bits per heavy atom. The van der Waals surface area contributed by atoms with Crippen molar-refractivity contribution >= 4 is 33.8 Å². The molecule has 0 radical (unpaired) electrons. The summed E-state index contributed by atoms with van der Waals surface area (Å²) in [6.07, 6.45) is 2.54. The summed E-state index contributed by atoms with van der Waals surface area (Å²) in [5.41, 5.74) is 1.36. The highest BCUT2D eigenvalue weighted by Gasteiger charge is 2.10. The van der Waals surface area contributed by atoms with E-state index in [9.17, 15) is 9.59 Å². The maximum Gasteiger partial charge on any atom is 0.328 e. The summed E-state index contributed by atoms with van der Waals surface area (Å²) in [5.74, 6) is -0.983. The number of rotatable bonds is 4. The Balaban J connectivity index is 2.83. The lowest BCUT2D eigenvalue weighted by Gasteiger charge is -2.02. The SMILES string of the molecule is CC(Br)C(=O)c1ccc(/C=C/C(=O)O)cc1. The standard InChI is InChI=1S/C12H11BrO3/c1-8(13)12(16)10-5-2-9(3-6-10)4-7-11(14)15/h2-8H,1H3,(H,14,15)/b7-4+. The van der Waals surface area contributed by atoms with Gasteiger partial charge in [-0.15, -0.1) is 0 Å². The highest BCUT2D eigenvalue weighted by atomic mass is 79.9. The summed E-state index contributed by atoms with van der Waals surface area (Å²) in [5, 5.41) is 8.44. The Morgan fingerprint density at radius 2 is 1.88 bits per heavy atom. The van der Waals surface area contributed by atoms with Crippen LogP contribution < -0.4 is 0 Å². The molecule has 0 aliphatic heterocycles. The summed E-state index contributed by atoms with van der Waals surface area (Å²) in [4.78, 5) is 21.6. The molecule has 1 aromatic carbocycles. The topological polar surface area (TPSA) is 54.4 Å². The first-order valence-corrected chi connectivity index (χ1v) is 5.61. The maximum atomic E-state index is 11.6. The molecule has 0 aliphatic rings. The van der Waals surface area contributed by atoms with Crippen LogP contribution in [0.25, 0.3) is 6.08 Å². The lowest BCUT2D eigenvalue weighted by atomic mass is 10.1. The molecule has 1 aromatic rings. The van der Waals surface area contributed by atoms with Gasteiger partial charge in [-0.3, -0.25) is 4.79 Å². The van der Waals surface area contributed by atoms with Gasteiger partial charge in [-0.2, -0.15) is 0 Å². The number of hydrogen-bond acceptors (Lipinski definition) is 2. The predicted molar refractivity (Wildman–Crippen MR) is 65.8 cm³/mol. The molecule has 4 heteroatoms. The van der Waals surface area contributed by atoms with E-state index in [0.717, 1.165) is 11.6 Å². The highest BCUT2D eigenvalue weighted by molar-refractivity contribution is 9.10. The van der Waals surface area contributed by atoms with Crippen LogP contribution in [0, 0.1) is 0 Å². The van der Waals surface area contributed by atoms with Crippen molar-refractivity contribution in [3.8, 4) is 0 Å². The maximum absolute atomic E-state index is 11.6. The van der Waals surface area contributed by atoms with Gasteiger partial charge >= 0.3 is 5.97 Å². The molecule has 0 saturated carbocycles. The Hall–Kier alpha value is -1.42. The van der Waals surface area contributed by atoms with E-state index >= 15 is 0 Å². The first kappa shape index (κ1) is 12.6. The fourth-order valence-corrected chi connectivity index (χ4v) is 1.42. The zero-order valence-electron chi connectivity index (χ0n) is 8.68. The molecule has 3 nitrogen and oxygen atoms in total. The van der Waals surface area contributed by atoms with Crippen molar-refractivity contribution < 1.29 is 14.7 Å². The molecule has 0 saturated heterocycles. The number of Topliss-reactive ketones (excluding diaryl/α,β-unsaturated/α-hetero) is 1. The fraction of sp³-hybridized carbons (Fsp3) is 0.167. The molecule has 0 bridgehead atoms. The van der Waals surface area contributed by atoms with Gasteiger partial charge in [-0.25, -0.2) is 4.79 Å². The number of alkyl halides is 1. The molecule has 0 fully saturated rings. The number of carboxylic acid groups (broad SMARTS) is 1. The van der Waals surface area contributed by atoms with Gasteiger partial charge in [0.05, 0.1) is 4.83 Å². The van der Waals surface area contributed by atoms with Crippen LogP contribution >= 0.6 is 15.9 Å². The summed E-state index contributed by atoms with van der Waals surface area (Å²) in [7, 11) is 0. The minimum absolute atomic E-state index is 0.00811. The second-order valence-electron chi connectivity index (χ2n) is 3.27. The zero-order chi connectivity index (χ0) is 12.1. The average Bonchev–Trinajstić information content (AvgIpc) is 2.26. The van der Waals surface area contributed by atoms with E-state index in [1.165, 1.54) is 6.08 Å². The number of benzene rings is 1. The molecule has 84 valence electrons. The Morgan fingerprint density at radius 1 is 1.31 bits per heavy atom. The zero-order valence-corrected chi connectivity index (χ0v) is 10.3. The predicted octanol–water partition coefficient (Wildman–Crippen LogP) is 2.75. The number of carboxylic acids is 1. The van der Waals surface area contributed by atoms with Crippen molar-refractivity contribution in [2.24, 2.45) is 0 Å². The first-order valence-electron chi connectivity index (χ1n) is 4.70. The smallest absolute Gasteiger partial charge is 0.328 e. The molecule has 0 aromatic heterocycles. The van der Waals surface area contributed by atoms with Gasteiger partial charge in [0.25, 0.3) is 0 Å². The summed E-state index contributed by atoms with van der Waals surface area (Å²) < 4.78 is 0. The van der Waals surface area contributed by atoms with Crippen molar-refractivity contribution in [2.75, 3.05) is 0 Å². The van der Waals surface area contributed by atoms with E-state index in [0.29, 0.717) is 5.56 Å². The highest BCUT2D eigenvalue weighted by Crippen LogP contribution is 2.11. The molecule has 1 rings (SSSR count). The Bertz CT molecular complexity index is 418. The minimum atomic E-state index is -0.991. The Labute approximate surface area is 102 Å². The van der Waals surface area contributed by atoms with Crippen LogP contribution in [-0.4, -0.2) is 21.7 Å². The third kappa shape index (κ3) is 3.62. The van der Waals surface area contributed by atoms with E-state index in [1.807, 2.05) is 0 Å². The number of aliphatic carboxylic acids is 1. The quantitative estimate of drug-likeness (QED) is 0.525. The van der Waals surface area contributed by atoms with Crippen LogP contribution in [0.1, 0.15) is 22.8 Å². The van der Waals surface area contributed by atoms with Crippen molar-refractivity contribution in [3.63, 3.8) is 0 Å². The van der Waals surface area contributed by atoms with E-state index in [1.54, 1.807) is 31.2 Å². The average molecular weight is 283 g/mol. The van der Waals surface area contributed by atoms with Crippen LogP contribution in [0.2, 0.25) is 0 Å². The van der Waals surface area contributed by atoms with Gasteiger partial charge in [0.1, 0.15) is 0 Å². The van der Waals surface area contributed by atoms with Crippen molar-refractivity contribution in [1.29, 1.82) is 0 Å². The van der Waals surface area contributed by atoms with Crippen LogP contribution in [-0.2, 0) is 4.79 Å². The van der Waals surface area contributed by atoms with Gasteiger partial charge < -0.3 is 5.11 Å². The van der Waals surface area contributed by atoms with Gasteiger partial charge in [-0.05, 0) is 18.6 Å². The van der Waals surface area contributed by atoms with Gasteiger partial charge in [0, 0.05) is 11.6 Å². The summed E-state index contributed by atoms with van der Waals surface area (Å²) in [6, 6.07) is 6.79. The van der Waals surface area contributed by atoms with E-state index in [-0.39, 0.29) is 10.6 Å². The molecule has 0 heterocycles. The van der Waals surface area contributed by atoms with Gasteiger partial charge in [0.15, 0.2) is 5.78 Å². The lowest BCUT2D eigenvalue weighted by Crippen LogP contribution is -2.09. The van der Waals surface area contributed by atoms with Crippen molar-refractivity contribution in [3.05, 3.63) is 41.5 Å². The van der Waals surface area contributed by atoms with Crippen LogP contribution in [0.3, 0.4) is 0 Å². The molecule has 1 unspecified atom stereocenters. The molecule has 16 heavy (non-hydrogen) atoms. The third-order valence-electron chi connectivity index (χ3n) is 1.97. The van der Waals surface area contributed by atoms with E-state index in [2.05, 4.69) is 15.9 Å². The summed E-state index contributed by atoms with van der Waals surface area (Å²) in [6.45, 7) is 1.76. The molecule has 1 atom stereocenters. The van der Waals surface area contributed by atoms with E-state index in [4.69, 9.17) is 5.11 Å². The molecule has 1 N–H and O–H groups in total. The first-order chi connectivity index (χ1) is 7.50. The van der Waals surface area contributed by atoms with E-state index < -0.39 is 5.97 Å². The van der Waals surface area contributed by atoms with Crippen LogP contribution in [0.5, 0.6) is 0 Å². The third-order valence-corrected chi connectivity index (χ3v) is 2.39. The molecule has 0 amide bonds. The summed E-state index contributed by atoms with van der Waals surface area (Å²) >= 11 is 3.20. The van der Waals surface area contributed by atoms with Crippen LogP contribution in [0.15, 0.2) is 30.3 Å². The molecule has 0 spiro atoms. The molecule has 0 aliphatic carbocycles. The molecular formula is C12H11BrO3. The largest absolute Gasteiger partial charge is 0.478 e. The second-order valence-corrected chi connectivity index (χ2v) is 4.65. The number of halogens is 1. The van der Waals surface area contributed by atoms with Crippen molar-refractivity contribution in [1.82, 2.24) is 0 Å². The monoisotopic (exact) mass is 282 g/mol. The van der Waals surface area contributed by atoms with Crippen molar-refractivity contribution in [2.45, 2.75) is 11.8 Å². The number of ketones is 1. The minimum Gasteiger partial charge on any atom is -0.478 e. The second kappa shape index (κ2) is 5.61. The number of carbonyl (C=O) groups is 2. The normalized spacial score (nSPS) is 12.6. The molecular weight excluding hydrogens is 272 g/mol. The lowest BCUT2D eigenvalue weighted by molar-refractivity contribution is -0.131. The Kier molecular flexibility index (Phi) is 4.43. The fourth-order valence-electron chi connectivity index (χ4n) is 1.16. The van der Waals surface area contributed by atoms with Gasteiger partial charge in [0.2, 0.25) is 0 Å². The number of carbonyl (C=O) groups excluding carboxylic acids is 1. The number of hydrogen-bond donors (Lipinski definition) is 1.